The van der Waals surface area contributed by atoms with E-state index in [9.17, 15) is 4.79 Å². The number of carboxylic acids is 1. The van der Waals surface area contributed by atoms with Crippen LogP contribution in [0.2, 0.25) is 0 Å². The molecule has 0 unspecified atom stereocenters. The number of benzene rings is 1. The third kappa shape index (κ3) is 2.04. The van der Waals surface area contributed by atoms with E-state index in [1.807, 2.05) is 35.7 Å². The maximum Gasteiger partial charge on any atom is 0.323 e. The highest BCUT2D eigenvalue weighted by molar-refractivity contribution is 7.13. The number of aliphatic carboxylic acids is 1. The number of hydrogen-bond acceptors (Lipinski definition) is 4. The first-order valence-corrected chi connectivity index (χ1v) is 6.87. The zero-order valence-corrected chi connectivity index (χ0v) is 11.6. The number of imidazole rings is 1. The molecule has 1 N–H and O–H groups in total. The predicted molar refractivity (Wildman–Crippen MR) is 77.2 cm³/mol. The largest absolute Gasteiger partial charge is 0.495 e. The molecule has 0 aliphatic heterocycles. The molecule has 0 radical (unpaired) electrons. The SMILES string of the molecule is COc1ccsc1-c1nc2ccccc2n1CC(=O)O. The number of hydrogen-bond donors (Lipinski definition) is 1. The van der Waals surface area contributed by atoms with Gasteiger partial charge in [0.25, 0.3) is 0 Å². The smallest absolute Gasteiger partial charge is 0.323 e. The number of nitrogens with zero attached hydrogens (tertiary/aromatic N) is 2. The van der Waals surface area contributed by atoms with Crippen LogP contribution < -0.4 is 4.74 Å². The number of ether oxygens (including phenoxy) is 1. The van der Waals surface area contributed by atoms with Crippen molar-refractivity contribution in [2.24, 2.45) is 0 Å². The van der Waals surface area contributed by atoms with Crippen molar-refractivity contribution in [3.63, 3.8) is 0 Å². The third-order valence-corrected chi connectivity index (χ3v) is 3.89. The summed E-state index contributed by atoms with van der Waals surface area (Å²) in [7, 11) is 1.59. The minimum atomic E-state index is -0.898. The Labute approximate surface area is 119 Å². The third-order valence-electron chi connectivity index (χ3n) is 3.00. The van der Waals surface area contributed by atoms with Crippen molar-refractivity contribution in [2.45, 2.75) is 6.54 Å². The highest BCUT2D eigenvalue weighted by Gasteiger charge is 2.18. The van der Waals surface area contributed by atoms with E-state index in [0.29, 0.717) is 11.6 Å². The van der Waals surface area contributed by atoms with E-state index in [4.69, 9.17) is 9.84 Å². The summed E-state index contributed by atoms with van der Waals surface area (Å²) in [5.74, 6) is 0.433. The van der Waals surface area contributed by atoms with Crippen molar-refractivity contribution >= 4 is 28.3 Å². The van der Waals surface area contributed by atoms with E-state index in [1.54, 1.807) is 11.7 Å². The molecule has 2 aromatic heterocycles. The zero-order chi connectivity index (χ0) is 14.1. The van der Waals surface area contributed by atoms with Gasteiger partial charge in [0.2, 0.25) is 0 Å². The molecule has 3 rings (SSSR count). The lowest BCUT2D eigenvalue weighted by atomic mass is 10.3. The molecule has 0 saturated carbocycles. The molecule has 0 aliphatic rings. The van der Waals surface area contributed by atoms with Gasteiger partial charge in [0, 0.05) is 0 Å². The van der Waals surface area contributed by atoms with E-state index in [0.717, 1.165) is 15.9 Å². The molecular formula is C14H12N2O3S. The monoisotopic (exact) mass is 288 g/mol. The predicted octanol–water partition coefficient (Wildman–Crippen LogP) is 2.86. The molecule has 6 heteroatoms. The first-order valence-electron chi connectivity index (χ1n) is 5.99. The maximum absolute atomic E-state index is 11.1. The molecule has 1 aromatic carbocycles. The molecule has 0 atom stereocenters. The average Bonchev–Trinajstić information content (AvgIpc) is 3.02. The van der Waals surface area contributed by atoms with E-state index >= 15 is 0 Å². The molecule has 5 nitrogen and oxygen atoms in total. The van der Waals surface area contributed by atoms with Gasteiger partial charge < -0.3 is 14.4 Å². The second-order valence-corrected chi connectivity index (χ2v) is 5.14. The highest BCUT2D eigenvalue weighted by atomic mass is 32.1. The van der Waals surface area contributed by atoms with Gasteiger partial charge in [-0.1, -0.05) is 12.1 Å². The minimum Gasteiger partial charge on any atom is -0.495 e. The highest BCUT2D eigenvalue weighted by Crippen LogP contribution is 2.36. The maximum atomic E-state index is 11.1. The van der Waals surface area contributed by atoms with Crippen molar-refractivity contribution < 1.29 is 14.6 Å². The summed E-state index contributed by atoms with van der Waals surface area (Å²) >= 11 is 1.48. The lowest BCUT2D eigenvalue weighted by Crippen LogP contribution is -2.09. The van der Waals surface area contributed by atoms with Crippen LogP contribution in [0, 0.1) is 0 Å². The fourth-order valence-electron chi connectivity index (χ4n) is 2.17. The van der Waals surface area contributed by atoms with Crippen molar-refractivity contribution in [2.75, 3.05) is 7.11 Å². The molecular weight excluding hydrogens is 276 g/mol. The molecule has 0 aliphatic carbocycles. The van der Waals surface area contributed by atoms with Gasteiger partial charge in [-0.3, -0.25) is 4.79 Å². The quantitative estimate of drug-likeness (QED) is 0.801. The molecule has 3 aromatic rings. The molecule has 0 fully saturated rings. The summed E-state index contributed by atoms with van der Waals surface area (Å²) in [5, 5.41) is 11.0. The molecule has 0 bridgehead atoms. The van der Waals surface area contributed by atoms with Crippen LogP contribution in [0.1, 0.15) is 0 Å². The standard InChI is InChI=1S/C14H12N2O3S/c1-19-11-6-7-20-13(11)14-15-9-4-2-3-5-10(9)16(14)8-12(17)18/h2-7H,8H2,1H3,(H,17,18). The van der Waals surface area contributed by atoms with E-state index < -0.39 is 5.97 Å². The van der Waals surface area contributed by atoms with E-state index in [-0.39, 0.29) is 6.54 Å². The summed E-state index contributed by atoms with van der Waals surface area (Å²) in [6, 6.07) is 9.35. The van der Waals surface area contributed by atoms with Crippen LogP contribution in [-0.2, 0) is 11.3 Å². The lowest BCUT2D eigenvalue weighted by molar-refractivity contribution is -0.137. The number of para-hydroxylation sites is 2. The van der Waals surface area contributed by atoms with Gasteiger partial charge in [0.15, 0.2) is 5.82 Å². The summed E-state index contributed by atoms with van der Waals surface area (Å²) < 4.78 is 7.01. The Morgan fingerprint density at radius 1 is 1.40 bits per heavy atom. The Morgan fingerprint density at radius 2 is 2.20 bits per heavy atom. The van der Waals surface area contributed by atoms with Gasteiger partial charge in [-0.2, -0.15) is 0 Å². The zero-order valence-electron chi connectivity index (χ0n) is 10.7. The summed E-state index contributed by atoms with van der Waals surface area (Å²) in [6.07, 6.45) is 0. The van der Waals surface area contributed by atoms with Crippen molar-refractivity contribution in [3.8, 4) is 16.5 Å². The van der Waals surface area contributed by atoms with Crippen LogP contribution in [0.5, 0.6) is 5.75 Å². The van der Waals surface area contributed by atoms with Gasteiger partial charge in [-0.25, -0.2) is 4.98 Å². The van der Waals surface area contributed by atoms with Crippen molar-refractivity contribution in [1.29, 1.82) is 0 Å². The fourth-order valence-corrected chi connectivity index (χ4v) is 3.02. The number of carboxylic acid groups (broad SMARTS) is 1. The Hall–Kier alpha value is -2.34. The molecule has 2 heterocycles. The first-order chi connectivity index (χ1) is 9.70. The van der Waals surface area contributed by atoms with Crippen LogP contribution in [0.3, 0.4) is 0 Å². The molecule has 20 heavy (non-hydrogen) atoms. The van der Waals surface area contributed by atoms with Crippen molar-refractivity contribution in [1.82, 2.24) is 9.55 Å². The second kappa shape index (κ2) is 4.97. The molecule has 102 valence electrons. The van der Waals surface area contributed by atoms with E-state index in [2.05, 4.69) is 4.98 Å². The fraction of sp³-hybridized carbons (Fsp3) is 0.143. The topological polar surface area (TPSA) is 64.4 Å². The van der Waals surface area contributed by atoms with Gasteiger partial charge in [0.05, 0.1) is 18.1 Å². The minimum absolute atomic E-state index is 0.128. The summed E-state index contributed by atoms with van der Waals surface area (Å²) in [6.45, 7) is -0.128. The summed E-state index contributed by atoms with van der Waals surface area (Å²) in [5.41, 5.74) is 1.58. The Balaban J connectivity index is 2.26. The first kappa shape index (κ1) is 12.7. The Morgan fingerprint density at radius 3 is 2.95 bits per heavy atom. The van der Waals surface area contributed by atoms with Crippen molar-refractivity contribution in [3.05, 3.63) is 35.7 Å². The van der Waals surface area contributed by atoms with Gasteiger partial charge in [-0.15, -0.1) is 11.3 Å². The summed E-state index contributed by atoms with van der Waals surface area (Å²) in [4.78, 5) is 16.5. The van der Waals surface area contributed by atoms with Crippen LogP contribution in [0.4, 0.5) is 0 Å². The number of rotatable bonds is 4. The van der Waals surface area contributed by atoms with Gasteiger partial charge in [-0.05, 0) is 23.6 Å². The van der Waals surface area contributed by atoms with E-state index in [1.165, 1.54) is 11.3 Å². The Bertz CT molecular complexity index is 776. The van der Waals surface area contributed by atoms with Crippen LogP contribution in [0.25, 0.3) is 21.7 Å². The van der Waals surface area contributed by atoms with Crippen LogP contribution >= 0.6 is 11.3 Å². The normalized spacial score (nSPS) is 10.8. The number of fused-ring (bicyclic) bond motifs is 1. The molecule has 0 spiro atoms. The Kier molecular flexibility index (Phi) is 3.15. The number of aromatic nitrogens is 2. The van der Waals surface area contributed by atoms with Gasteiger partial charge >= 0.3 is 5.97 Å². The number of carbonyl (C=O) groups is 1. The number of methoxy groups -OCH3 is 1. The van der Waals surface area contributed by atoms with Crippen LogP contribution in [-0.4, -0.2) is 27.7 Å². The van der Waals surface area contributed by atoms with Crippen LogP contribution in [0.15, 0.2) is 35.7 Å². The number of thiophene rings is 1. The lowest BCUT2D eigenvalue weighted by Gasteiger charge is -2.06. The molecule has 0 amide bonds. The second-order valence-electron chi connectivity index (χ2n) is 4.22. The molecule has 0 saturated heterocycles. The average molecular weight is 288 g/mol. The van der Waals surface area contributed by atoms with Gasteiger partial charge in [0.1, 0.15) is 17.2 Å².